The fraction of sp³-hybridized carbons (Fsp3) is 0.500. The normalized spacial score (nSPS) is 21.9. The summed E-state index contributed by atoms with van der Waals surface area (Å²) in [7, 11) is 0. The molecule has 1 atom stereocenters. The lowest BCUT2D eigenvalue weighted by Gasteiger charge is -2.44. The number of aryl methyl sites for hydroxylation is 1. The quantitative estimate of drug-likeness (QED) is 0.872. The van der Waals surface area contributed by atoms with Gasteiger partial charge in [-0.05, 0) is 51.0 Å². The van der Waals surface area contributed by atoms with Gasteiger partial charge in [0.15, 0.2) is 0 Å². The molecule has 1 saturated heterocycles. The number of nitrogens with zero attached hydrogens (tertiary/aromatic N) is 3. The van der Waals surface area contributed by atoms with E-state index >= 15 is 0 Å². The molecule has 2 heterocycles. The van der Waals surface area contributed by atoms with Gasteiger partial charge in [-0.3, -0.25) is 4.90 Å². The van der Waals surface area contributed by atoms with Crippen molar-refractivity contribution >= 4 is 0 Å². The van der Waals surface area contributed by atoms with Crippen molar-refractivity contribution in [1.29, 1.82) is 0 Å². The van der Waals surface area contributed by atoms with Crippen LogP contribution in [0.1, 0.15) is 31.9 Å². The predicted octanol–water partition coefficient (Wildman–Crippen LogP) is 3.18. The zero-order valence-corrected chi connectivity index (χ0v) is 13.9. The minimum absolute atomic E-state index is 0.0853. The molecule has 4 heteroatoms. The summed E-state index contributed by atoms with van der Waals surface area (Å²) in [6, 6.07) is 6.63. The van der Waals surface area contributed by atoms with Gasteiger partial charge in [-0.15, -0.1) is 0 Å². The van der Waals surface area contributed by atoms with Crippen LogP contribution in [0, 0.1) is 6.92 Å². The molecule has 118 valence electrons. The molecule has 0 N–H and O–H groups in total. The minimum Gasteiger partial charge on any atom is -0.375 e. The van der Waals surface area contributed by atoms with E-state index < -0.39 is 0 Å². The lowest BCUT2D eigenvalue weighted by atomic mass is 9.98. The van der Waals surface area contributed by atoms with Gasteiger partial charge in [0.1, 0.15) is 0 Å². The number of benzene rings is 1. The van der Waals surface area contributed by atoms with E-state index in [1.54, 1.807) is 6.20 Å². The molecule has 1 fully saturated rings. The Labute approximate surface area is 132 Å². The highest BCUT2D eigenvalue weighted by Gasteiger charge is 2.33. The Bertz CT molecular complexity index is 634. The molecule has 0 spiro atoms. The molecule has 0 amide bonds. The number of hydrogen-bond acceptors (Lipinski definition) is 3. The van der Waals surface area contributed by atoms with Crippen LogP contribution in [0.15, 0.2) is 36.9 Å². The first-order chi connectivity index (χ1) is 10.5. The summed E-state index contributed by atoms with van der Waals surface area (Å²) in [4.78, 5) is 6.64. The molecule has 0 unspecified atom stereocenters. The summed E-state index contributed by atoms with van der Waals surface area (Å²) < 4.78 is 7.85. The van der Waals surface area contributed by atoms with Crippen molar-refractivity contribution in [3.05, 3.63) is 48.0 Å². The lowest BCUT2D eigenvalue weighted by molar-refractivity contribution is -0.0950. The first-order valence-corrected chi connectivity index (χ1v) is 7.90. The van der Waals surface area contributed by atoms with Crippen LogP contribution in [0.3, 0.4) is 0 Å². The maximum absolute atomic E-state index is 5.81. The fourth-order valence-electron chi connectivity index (χ4n) is 2.96. The summed E-state index contributed by atoms with van der Waals surface area (Å²) in [6.45, 7) is 11.6. The third kappa shape index (κ3) is 3.08. The van der Waals surface area contributed by atoms with Gasteiger partial charge in [-0.2, -0.15) is 0 Å². The van der Waals surface area contributed by atoms with E-state index in [1.807, 2.05) is 17.1 Å². The van der Waals surface area contributed by atoms with E-state index in [4.69, 9.17) is 4.74 Å². The topological polar surface area (TPSA) is 30.3 Å². The summed E-state index contributed by atoms with van der Waals surface area (Å²) in [6.07, 6.45) is 5.92. The summed E-state index contributed by atoms with van der Waals surface area (Å²) in [5.74, 6) is 0. The molecule has 1 aliphatic rings. The second-order valence-corrected chi connectivity index (χ2v) is 6.90. The highest BCUT2D eigenvalue weighted by molar-refractivity contribution is 5.40. The molecule has 0 saturated carbocycles. The molecule has 0 bridgehead atoms. The van der Waals surface area contributed by atoms with E-state index in [9.17, 15) is 0 Å². The lowest BCUT2D eigenvalue weighted by Crippen LogP contribution is -2.54. The van der Waals surface area contributed by atoms with E-state index in [-0.39, 0.29) is 5.54 Å². The van der Waals surface area contributed by atoms with Crippen LogP contribution in [-0.2, 0) is 11.3 Å². The van der Waals surface area contributed by atoms with Crippen LogP contribution in [0.25, 0.3) is 5.69 Å². The Morgan fingerprint density at radius 2 is 2.18 bits per heavy atom. The average molecular weight is 299 g/mol. The average Bonchev–Trinajstić information content (AvgIpc) is 2.99. The maximum Gasteiger partial charge on any atom is 0.0991 e. The SMILES string of the molecule is Cc1cc(-n2ccnc2)ccc1CN1C[C@H](C)OCC1(C)C. The molecule has 1 aromatic carbocycles. The smallest absolute Gasteiger partial charge is 0.0991 e. The van der Waals surface area contributed by atoms with Crippen molar-refractivity contribution in [3.63, 3.8) is 0 Å². The van der Waals surface area contributed by atoms with Crippen LogP contribution in [-0.4, -0.2) is 39.2 Å². The van der Waals surface area contributed by atoms with Crippen LogP contribution >= 0.6 is 0 Å². The zero-order valence-electron chi connectivity index (χ0n) is 13.9. The highest BCUT2D eigenvalue weighted by Crippen LogP contribution is 2.26. The molecule has 0 radical (unpaired) electrons. The molecule has 22 heavy (non-hydrogen) atoms. The molecule has 1 aliphatic heterocycles. The molecular formula is C18H25N3O. The third-order valence-corrected chi connectivity index (χ3v) is 4.54. The Balaban J connectivity index is 1.80. The summed E-state index contributed by atoms with van der Waals surface area (Å²) in [5.41, 5.74) is 3.95. The second-order valence-electron chi connectivity index (χ2n) is 6.90. The number of hydrogen-bond donors (Lipinski definition) is 0. The largest absolute Gasteiger partial charge is 0.375 e. The van der Waals surface area contributed by atoms with Gasteiger partial charge in [0.05, 0.1) is 19.0 Å². The molecular weight excluding hydrogens is 274 g/mol. The number of ether oxygens (including phenoxy) is 1. The van der Waals surface area contributed by atoms with Gasteiger partial charge in [0.2, 0.25) is 0 Å². The Morgan fingerprint density at radius 1 is 1.36 bits per heavy atom. The zero-order chi connectivity index (χ0) is 15.7. The van der Waals surface area contributed by atoms with Gasteiger partial charge in [0.25, 0.3) is 0 Å². The fourth-order valence-corrected chi connectivity index (χ4v) is 2.96. The Hall–Kier alpha value is -1.65. The van der Waals surface area contributed by atoms with Crippen molar-refractivity contribution in [2.75, 3.05) is 13.2 Å². The summed E-state index contributed by atoms with van der Waals surface area (Å²) in [5, 5.41) is 0. The Kier molecular flexibility index (Phi) is 4.06. The van der Waals surface area contributed by atoms with Gasteiger partial charge >= 0.3 is 0 Å². The monoisotopic (exact) mass is 299 g/mol. The van der Waals surface area contributed by atoms with Crippen molar-refractivity contribution in [2.24, 2.45) is 0 Å². The first kappa shape index (κ1) is 15.3. The maximum atomic E-state index is 5.81. The minimum atomic E-state index is 0.0853. The highest BCUT2D eigenvalue weighted by atomic mass is 16.5. The summed E-state index contributed by atoms with van der Waals surface area (Å²) >= 11 is 0. The first-order valence-electron chi connectivity index (χ1n) is 7.90. The molecule has 4 nitrogen and oxygen atoms in total. The van der Waals surface area contributed by atoms with E-state index in [0.717, 1.165) is 25.4 Å². The molecule has 0 aliphatic carbocycles. The van der Waals surface area contributed by atoms with Crippen molar-refractivity contribution in [1.82, 2.24) is 14.5 Å². The second kappa shape index (κ2) is 5.86. The standard InChI is InChI=1S/C18H25N3O/c1-14-9-17(20-8-7-19-13-20)6-5-16(14)11-21-10-15(2)22-12-18(21,3)4/h5-9,13,15H,10-12H2,1-4H3/t15-/m0/s1. The third-order valence-electron chi connectivity index (χ3n) is 4.54. The Morgan fingerprint density at radius 3 is 2.86 bits per heavy atom. The van der Waals surface area contributed by atoms with E-state index in [2.05, 4.69) is 55.8 Å². The number of rotatable bonds is 3. The van der Waals surface area contributed by atoms with Gasteiger partial charge < -0.3 is 9.30 Å². The van der Waals surface area contributed by atoms with Crippen LogP contribution in [0.2, 0.25) is 0 Å². The number of aromatic nitrogens is 2. The van der Waals surface area contributed by atoms with Crippen molar-refractivity contribution in [3.8, 4) is 5.69 Å². The van der Waals surface area contributed by atoms with Crippen molar-refractivity contribution < 1.29 is 4.74 Å². The van der Waals surface area contributed by atoms with Gasteiger partial charge in [0, 0.05) is 36.7 Å². The van der Waals surface area contributed by atoms with E-state index in [1.165, 1.54) is 11.1 Å². The van der Waals surface area contributed by atoms with Gasteiger partial charge in [-0.1, -0.05) is 6.07 Å². The number of imidazole rings is 1. The number of morpholine rings is 1. The molecule has 1 aromatic heterocycles. The van der Waals surface area contributed by atoms with Crippen molar-refractivity contribution in [2.45, 2.75) is 45.9 Å². The predicted molar refractivity (Wildman–Crippen MR) is 88.2 cm³/mol. The molecule has 3 rings (SSSR count). The van der Waals surface area contributed by atoms with Crippen LogP contribution in [0.5, 0.6) is 0 Å². The van der Waals surface area contributed by atoms with Crippen LogP contribution in [0.4, 0.5) is 0 Å². The van der Waals surface area contributed by atoms with Gasteiger partial charge in [-0.25, -0.2) is 4.98 Å². The molecule has 2 aromatic rings. The van der Waals surface area contributed by atoms with E-state index in [0.29, 0.717) is 6.10 Å². The van der Waals surface area contributed by atoms with Crippen LogP contribution < -0.4 is 0 Å².